The Morgan fingerprint density at radius 1 is 1.39 bits per heavy atom. The Hall–Kier alpha value is -2.10. The number of rotatable bonds is 2. The third-order valence-corrected chi connectivity index (χ3v) is 3.05. The number of amides is 2. The monoisotopic (exact) mass is 243 g/mol. The average Bonchev–Trinajstić information content (AvgIpc) is 2.38. The topological polar surface area (TPSA) is 58.7 Å². The van der Waals surface area contributed by atoms with Crippen molar-refractivity contribution in [1.82, 2.24) is 5.01 Å². The fraction of sp³-hybridized carbons (Fsp3) is 0.286. The molecule has 0 atom stereocenters. The molecule has 1 aliphatic heterocycles. The predicted molar refractivity (Wildman–Crippen MR) is 72.0 cm³/mol. The van der Waals surface area contributed by atoms with Crippen molar-refractivity contribution in [3.63, 3.8) is 0 Å². The third kappa shape index (κ3) is 2.27. The van der Waals surface area contributed by atoms with Crippen molar-refractivity contribution in [3.05, 3.63) is 47.2 Å². The zero-order chi connectivity index (χ0) is 13.1. The summed E-state index contributed by atoms with van der Waals surface area (Å²) in [7, 11) is 0. The SMILES string of the molecule is CCC1=C(C)CC(c2ccccc2)=NN1C(N)=O. The van der Waals surface area contributed by atoms with Gasteiger partial charge in [0, 0.05) is 12.1 Å². The lowest BCUT2D eigenvalue weighted by Crippen LogP contribution is -2.34. The Kier molecular flexibility index (Phi) is 3.46. The number of benzene rings is 1. The van der Waals surface area contributed by atoms with Gasteiger partial charge in [0.2, 0.25) is 0 Å². The molecule has 1 aromatic carbocycles. The molecule has 0 saturated carbocycles. The molecule has 1 heterocycles. The minimum absolute atomic E-state index is 0.528. The Morgan fingerprint density at radius 3 is 2.61 bits per heavy atom. The van der Waals surface area contributed by atoms with Gasteiger partial charge in [-0.1, -0.05) is 37.3 Å². The summed E-state index contributed by atoms with van der Waals surface area (Å²) in [5, 5.41) is 5.69. The van der Waals surface area contributed by atoms with E-state index in [2.05, 4.69) is 5.10 Å². The summed E-state index contributed by atoms with van der Waals surface area (Å²) in [6.45, 7) is 4.02. The summed E-state index contributed by atoms with van der Waals surface area (Å²) < 4.78 is 0. The second-order valence-electron chi connectivity index (χ2n) is 4.32. The number of hydrazone groups is 1. The van der Waals surface area contributed by atoms with E-state index in [4.69, 9.17) is 5.73 Å². The van der Waals surface area contributed by atoms with Crippen LogP contribution in [0.2, 0.25) is 0 Å². The summed E-state index contributed by atoms with van der Waals surface area (Å²) in [4.78, 5) is 11.5. The minimum atomic E-state index is -0.528. The van der Waals surface area contributed by atoms with Crippen molar-refractivity contribution >= 4 is 11.7 Å². The molecule has 4 heteroatoms. The minimum Gasteiger partial charge on any atom is -0.350 e. The summed E-state index contributed by atoms with van der Waals surface area (Å²) in [5.41, 5.74) is 9.33. The molecule has 0 aromatic heterocycles. The molecular weight excluding hydrogens is 226 g/mol. The third-order valence-electron chi connectivity index (χ3n) is 3.05. The van der Waals surface area contributed by atoms with Crippen LogP contribution in [0.3, 0.4) is 0 Å². The summed E-state index contributed by atoms with van der Waals surface area (Å²) >= 11 is 0. The Balaban J connectivity index is 2.40. The van der Waals surface area contributed by atoms with Gasteiger partial charge >= 0.3 is 6.03 Å². The van der Waals surface area contributed by atoms with Crippen molar-refractivity contribution in [2.75, 3.05) is 0 Å². The second kappa shape index (κ2) is 5.04. The van der Waals surface area contributed by atoms with E-state index in [1.54, 1.807) is 0 Å². The predicted octanol–water partition coefficient (Wildman–Crippen LogP) is 2.86. The molecule has 1 aliphatic rings. The molecule has 0 saturated heterocycles. The summed E-state index contributed by atoms with van der Waals surface area (Å²) in [6, 6.07) is 9.32. The zero-order valence-electron chi connectivity index (χ0n) is 10.7. The maximum absolute atomic E-state index is 11.5. The molecule has 0 fully saturated rings. The van der Waals surface area contributed by atoms with E-state index in [1.807, 2.05) is 44.2 Å². The fourth-order valence-corrected chi connectivity index (χ4v) is 2.17. The van der Waals surface area contributed by atoms with Crippen LogP contribution in [0, 0.1) is 0 Å². The molecule has 0 spiro atoms. The highest BCUT2D eigenvalue weighted by Gasteiger charge is 2.22. The van der Waals surface area contributed by atoms with Gasteiger partial charge in [-0.15, -0.1) is 0 Å². The van der Waals surface area contributed by atoms with E-state index >= 15 is 0 Å². The quantitative estimate of drug-likeness (QED) is 0.853. The number of carbonyl (C=O) groups excluding carboxylic acids is 1. The highest BCUT2D eigenvalue weighted by Crippen LogP contribution is 2.25. The number of allylic oxidation sites excluding steroid dienone is 2. The van der Waals surface area contributed by atoms with Gasteiger partial charge in [0.25, 0.3) is 0 Å². The van der Waals surface area contributed by atoms with Gasteiger partial charge in [-0.05, 0) is 24.5 Å². The van der Waals surface area contributed by atoms with Gasteiger partial charge in [0.15, 0.2) is 0 Å². The van der Waals surface area contributed by atoms with Crippen LogP contribution in [-0.4, -0.2) is 16.8 Å². The summed E-state index contributed by atoms with van der Waals surface area (Å²) in [5.74, 6) is 0. The van der Waals surface area contributed by atoms with Crippen molar-refractivity contribution in [2.45, 2.75) is 26.7 Å². The van der Waals surface area contributed by atoms with Crippen LogP contribution in [0.4, 0.5) is 4.79 Å². The molecule has 0 radical (unpaired) electrons. The largest absolute Gasteiger partial charge is 0.350 e. The molecule has 2 N–H and O–H groups in total. The number of nitrogens with two attached hydrogens (primary N) is 1. The number of primary amides is 1. The highest BCUT2D eigenvalue weighted by molar-refractivity contribution is 6.03. The molecule has 2 amide bonds. The Morgan fingerprint density at radius 2 is 2.06 bits per heavy atom. The second-order valence-corrected chi connectivity index (χ2v) is 4.32. The van der Waals surface area contributed by atoms with E-state index < -0.39 is 6.03 Å². The van der Waals surface area contributed by atoms with Gasteiger partial charge in [0.05, 0.1) is 5.71 Å². The van der Waals surface area contributed by atoms with E-state index in [-0.39, 0.29) is 0 Å². The fourth-order valence-electron chi connectivity index (χ4n) is 2.17. The first-order chi connectivity index (χ1) is 8.63. The van der Waals surface area contributed by atoms with E-state index in [0.717, 1.165) is 35.4 Å². The van der Waals surface area contributed by atoms with Gasteiger partial charge < -0.3 is 5.73 Å². The molecule has 2 rings (SSSR count). The van der Waals surface area contributed by atoms with Crippen molar-refractivity contribution in [3.8, 4) is 0 Å². The van der Waals surface area contributed by atoms with Crippen molar-refractivity contribution in [1.29, 1.82) is 0 Å². The maximum Gasteiger partial charge on any atom is 0.339 e. The lowest BCUT2D eigenvalue weighted by molar-refractivity contribution is 0.220. The zero-order valence-corrected chi connectivity index (χ0v) is 10.7. The lowest BCUT2D eigenvalue weighted by Gasteiger charge is -2.26. The van der Waals surface area contributed by atoms with Crippen LogP contribution in [0.5, 0.6) is 0 Å². The number of hydrogen-bond acceptors (Lipinski definition) is 2. The average molecular weight is 243 g/mol. The number of carbonyl (C=O) groups is 1. The van der Waals surface area contributed by atoms with Gasteiger partial charge in [-0.25, -0.2) is 4.79 Å². The molecule has 0 unspecified atom stereocenters. The van der Waals surface area contributed by atoms with Crippen LogP contribution in [0.1, 0.15) is 32.3 Å². The maximum atomic E-state index is 11.5. The number of nitrogens with zero attached hydrogens (tertiary/aromatic N) is 2. The Bertz CT molecular complexity index is 517. The molecule has 0 bridgehead atoms. The highest BCUT2D eigenvalue weighted by atomic mass is 16.2. The first-order valence-corrected chi connectivity index (χ1v) is 6.04. The van der Waals surface area contributed by atoms with Gasteiger partial charge in [-0.3, -0.25) is 0 Å². The molecule has 94 valence electrons. The normalized spacial score (nSPS) is 15.7. The van der Waals surface area contributed by atoms with Gasteiger partial charge in [-0.2, -0.15) is 10.1 Å². The molecule has 4 nitrogen and oxygen atoms in total. The molecule has 0 aliphatic carbocycles. The molecule has 18 heavy (non-hydrogen) atoms. The van der Waals surface area contributed by atoms with Crippen LogP contribution in [-0.2, 0) is 0 Å². The van der Waals surface area contributed by atoms with Gasteiger partial charge in [0.1, 0.15) is 0 Å². The first-order valence-electron chi connectivity index (χ1n) is 6.04. The lowest BCUT2D eigenvalue weighted by atomic mass is 9.99. The van der Waals surface area contributed by atoms with E-state index in [1.165, 1.54) is 5.01 Å². The van der Waals surface area contributed by atoms with Crippen LogP contribution in [0.15, 0.2) is 46.7 Å². The molecular formula is C14H17N3O. The van der Waals surface area contributed by atoms with Crippen LogP contribution >= 0.6 is 0 Å². The van der Waals surface area contributed by atoms with E-state index in [9.17, 15) is 4.79 Å². The van der Waals surface area contributed by atoms with Crippen LogP contribution < -0.4 is 5.73 Å². The standard InChI is InChI=1S/C14H17N3O/c1-3-13-10(2)9-12(16-17(13)14(15)18)11-7-5-4-6-8-11/h4-8H,3,9H2,1-2H3,(H2,15,18). The first kappa shape index (κ1) is 12.4. The molecule has 1 aromatic rings. The van der Waals surface area contributed by atoms with Crippen molar-refractivity contribution in [2.24, 2.45) is 10.8 Å². The van der Waals surface area contributed by atoms with Crippen molar-refractivity contribution < 1.29 is 4.79 Å². The number of hydrogen-bond donors (Lipinski definition) is 1. The Labute approximate surface area is 107 Å². The summed E-state index contributed by atoms with van der Waals surface area (Å²) in [6.07, 6.45) is 1.51. The van der Waals surface area contributed by atoms with E-state index in [0.29, 0.717) is 0 Å². The van der Waals surface area contributed by atoms with Crippen LogP contribution in [0.25, 0.3) is 0 Å². The number of urea groups is 1. The smallest absolute Gasteiger partial charge is 0.339 e.